The van der Waals surface area contributed by atoms with Crippen molar-refractivity contribution in [1.29, 1.82) is 0 Å². The summed E-state index contributed by atoms with van der Waals surface area (Å²) >= 11 is 0. The second-order valence-corrected chi connectivity index (χ2v) is 2.92. The zero-order chi connectivity index (χ0) is 10.8. The highest BCUT2D eigenvalue weighted by molar-refractivity contribution is 5.80. The van der Waals surface area contributed by atoms with Crippen LogP contribution in [-0.2, 0) is 0 Å². The van der Waals surface area contributed by atoms with Crippen LogP contribution in [0.5, 0.6) is 0 Å². The Hall–Kier alpha value is -2.37. The average molecular weight is 206 g/mol. The van der Waals surface area contributed by atoms with Crippen molar-refractivity contribution in [2.75, 3.05) is 0 Å². The molecular weight excluding hydrogens is 198 g/mol. The molecule has 0 aliphatic heterocycles. The molecule has 0 bridgehead atoms. The van der Waals surface area contributed by atoms with E-state index < -0.39 is 0 Å². The molecule has 0 aliphatic rings. The summed E-state index contributed by atoms with van der Waals surface area (Å²) in [6.07, 6.45) is 2.09. The quantitative estimate of drug-likeness (QED) is 0.236. The summed E-state index contributed by atoms with van der Waals surface area (Å²) in [6.45, 7) is 0. The van der Waals surface area contributed by atoms with E-state index in [1.807, 2.05) is 0 Å². The Balaban J connectivity index is 2.90. The Morgan fingerprint density at radius 1 is 1.40 bits per heavy atom. The predicted molar refractivity (Wildman–Crippen MR) is 51.9 cm³/mol. The lowest BCUT2D eigenvalue weighted by Crippen LogP contribution is -2.20. The highest BCUT2D eigenvalue weighted by Gasteiger charge is 2.13. The summed E-state index contributed by atoms with van der Waals surface area (Å²) in [4.78, 5) is 11.5. The molecule has 1 heterocycles. The first-order valence-corrected chi connectivity index (χ1v) is 4.17. The standard InChI is InChI=1S/C9H7N3O3/c13-10-5-7-6-11(14)8-3-1-2-4-9(8)12(7)15/h1-6,15H/p+1/b10-5+. The van der Waals surface area contributed by atoms with Crippen molar-refractivity contribution in [3.8, 4) is 0 Å². The molecule has 0 fully saturated rings. The van der Waals surface area contributed by atoms with Gasteiger partial charge in [-0.15, -0.1) is 0 Å². The molecule has 76 valence electrons. The van der Waals surface area contributed by atoms with Crippen LogP contribution in [0.25, 0.3) is 11.0 Å². The van der Waals surface area contributed by atoms with Gasteiger partial charge in [0.1, 0.15) is 0 Å². The molecule has 0 atom stereocenters. The fraction of sp³-hybridized carbons (Fsp3) is 0. The van der Waals surface area contributed by atoms with E-state index in [0.29, 0.717) is 15.5 Å². The molecule has 0 amide bonds. The van der Waals surface area contributed by atoms with Gasteiger partial charge in [0.25, 0.3) is 11.7 Å². The highest BCUT2D eigenvalue weighted by Crippen LogP contribution is 2.08. The van der Waals surface area contributed by atoms with Crippen molar-refractivity contribution >= 4 is 17.2 Å². The maximum absolute atomic E-state index is 11.5. The normalized spacial score (nSPS) is 11.2. The van der Waals surface area contributed by atoms with Crippen molar-refractivity contribution in [3.63, 3.8) is 0 Å². The number of nitrogens with zero attached hydrogens (tertiary/aromatic N) is 3. The van der Waals surface area contributed by atoms with Crippen LogP contribution in [0.4, 0.5) is 0 Å². The third-order valence-corrected chi connectivity index (χ3v) is 2.03. The van der Waals surface area contributed by atoms with Crippen LogP contribution in [0.1, 0.15) is 5.69 Å². The molecular formula is C9H8N3O3+. The number of oxime groups is 1. The Bertz CT molecular complexity index is 589. The summed E-state index contributed by atoms with van der Waals surface area (Å²) in [6, 6.07) is 6.54. The highest BCUT2D eigenvalue weighted by atomic mass is 16.5. The van der Waals surface area contributed by atoms with Gasteiger partial charge in [-0.05, 0) is 6.07 Å². The van der Waals surface area contributed by atoms with Crippen molar-refractivity contribution in [2.24, 2.45) is 5.16 Å². The lowest BCUT2D eigenvalue weighted by atomic mass is 10.3. The van der Waals surface area contributed by atoms with Crippen LogP contribution < -0.4 is 4.43 Å². The zero-order valence-corrected chi connectivity index (χ0v) is 7.61. The van der Waals surface area contributed by atoms with Gasteiger partial charge in [-0.2, -0.15) is 4.73 Å². The van der Waals surface area contributed by atoms with E-state index in [-0.39, 0.29) is 5.69 Å². The van der Waals surface area contributed by atoms with E-state index in [2.05, 4.69) is 5.16 Å². The molecule has 0 spiro atoms. The van der Waals surface area contributed by atoms with Gasteiger partial charge in [-0.1, -0.05) is 17.3 Å². The minimum absolute atomic E-state index is 0.0891. The molecule has 2 rings (SSSR count). The van der Waals surface area contributed by atoms with E-state index in [9.17, 15) is 10.1 Å². The third-order valence-electron chi connectivity index (χ3n) is 2.03. The van der Waals surface area contributed by atoms with Crippen LogP contribution in [-0.4, -0.2) is 21.4 Å². The smallest absolute Gasteiger partial charge is 0.289 e. The SMILES string of the molecule is O=[n+]1cc(/C=N/O)n(O)c2ccccc21. The van der Waals surface area contributed by atoms with Crippen molar-refractivity contribution in [3.05, 3.63) is 41.1 Å². The van der Waals surface area contributed by atoms with E-state index in [1.54, 1.807) is 24.3 Å². The lowest BCUT2D eigenvalue weighted by molar-refractivity contribution is -0.465. The van der Waals surface area contributed by atoms with Gasteiger partial charge in [0.05, 0.1) is 10.6 Å². The number of aromatic nitrogens is 2. The van der Waals surface area contributed by atoms with Gasteiger partial charge in [0.15, 0.2) is 11.2 Å². The summed E-state index contributed by atoms with van der Waals surface area (Å²) in [5, 5.41) is 20.8. The minimum Gasteiger partial charge on any atom is -0.427 e. The average Bonchev–Trinajstić information content (AvgIpc) is 2.26. The topological polar surface area (TPSA) is 80.7 Å². The minimum atomic E-state index is 0.0891. The maximum Gasteiger partial charge on any atom is 0.289 e. The number of hydrogen-bond donors (Lipinski definition) is 2. The summed E-state index contributed by atoms with van der Waals surface area (Å²) in [5.74, 6) is 0. The first-order valence-electron chi connectivity index (χ1n) is 4.17. The van der Waals surface area contributed by atoms with Crippen molar-refractivity contribution < 1.29 is 14.8 Å². The molecule has 0 unspecified atom stereocenters. The van der Waals surface area contributed by atoms with Gasteiger partial charge in [-0.3, -0.25) is 0 Å². The predicted octanol–water partition coefficient (Wildman–Crippen LogP) is 0.601. The van der Waals surface area contributed by atoms with Gasteiger partial charge >= 0.3 is 0 Å². The van der Waals surface area contributed by atoms with Crippen LogP contribution in [0.2, 0.25) is 0 Å². The number of benzene rings is 1. The molecule has 0 saturated carbocycles. The first kappa shape index (κ1) is 9.20. The Labute approximate surface area is 83.9 Å². The molecule has 1 aromatic heterocycles. The Morgan fingerprint density at radius 2 is 2.13 bits per heavy atom. The summed E-state index contributed by atoms with van der Waals surface area (Å²) in [7, 11) is 0. The third kappa shape index (κ3) is 1.41. The van der Waals surface area contributed by atoms with Crippen molar-refractivity contribution in [2.45, 2.75) is 0 Å². The maximum atomic E-state index is 11.5. The van der Waals surface area contributed by atoms with E-state index in [4.69, 9.17) is 5.21 Å². The number of para-hydroxylation sites is 2. The van der Waals surface area contributed by atoms with Crippen molar-refractivity contribution in [1.82, 2.24) is 4.73 Å². The summed E-state index contributed by atoms with van der Waals surface area (Å²) in [5.41, 5.74) is 0.756. The number of rotatable bonds is 1. The fourth-order valence-corrected chi connectivity index (χ4v) is 1.36. The van der Waals surface area contributed by atoms with E-state index >= 15 is 0 Å². The molecule has 0 radical (unpaired) electrons. The molecule has 0 saturated heterocycles. The largest absolute Gasteiger partial charge is 0.427 e. The molecule has 6 nitrogen and oxygen atoms in total. The van der Waals surface area contributed by atoms with Gasteiger partial charge in [0, 0.05) is 11.0 Å². The van der Waals surface area contributed by atoms with Crippen LogP contribution in [0, 0.1) is 4.91 Å². The van der Waals surface area contributed by atoms with Gasteiger partial charge < -0.3 is 10.4 Å². The molecule has 1 aromatic carbocycles. The molecule has 2 aromatic rings. The number of fused-ring (bicyclic) bond motifs is 1. The lowest BCUT2D eigenvalue weighted by Gasteiger charge is -2.00. The first-order chi connectivity index (χ1) is 7.24. The number of hydrogen-bond acceptors (Lipinski definition) is 4. The molecule has 15 heavy (non-hydrogen) atoms. The zero-order valence-electron chi connectivity index (χ0n) is 7.61. The van der Waals surface area contributed by atoms with E-state index in [0.717, 1.165) is 17.1 Å². The molecule has 0 aliphatic carbocycles. The monoisotopic (exact) mass is 206 g/mol. The molecule has 2 N–H and O–H groups in total. The van der Waals surface area contributed by atoms with Crippen LogP contribution in [0.15, 0.2) is 35.6 Å². The Kier molecular flexibility index (Phi) is 2.09. The van der Waals surface area contributed by atoms with E-state index in [1.165, 1.54) is 0 Å². The van der Waals surface area contributed by atoms with Crippen LogP contribution in [0.3, 0.4) is 0 Å². The van der Waals surface area contributed by atoms with Crippen LogP contribution >= 0.6 is 0 Å². The fourth-order valence-electron chi connectivity index (χ4n) is 1.36. The second kappa shape index (κ2) is 3.41. The summed E-state index contributed by atoms with van der Waals surface area (Å²) < 4.78 is 1.38. The molecule has 6 heteroatoms. The second-order valence-electron chi connectivity index (χ2n) is 2.92. The van der Waals surface area contributed by atoms with Gasteiger partial charge in [-0.25, -0.2) is 0 Å². The Morgan fingerprint density at radius 3 is 2.87 bits per heavy atom. The van der Waals surface area contributed by atoms with Gasteiger partial charge in [0.2, 0.25) is 0 Å².